The standard InChI is InChI=1S/C36H23NO2.CH4/c1-3-13-33-29(7-1)31-11-5-9-27(35(31)38-33)23-15-19-25(20-16-23)37-26-21-17-24(18-22-26)28-10-6-12-32-30-8-2-4-14-34(30)39-36(28)32;/h1-22,37H;1H4. The van der Waals surface area contributed by atoms with Crippen LogP contribution in [0.5, 0.6) is 0 Å². The topological polar surface area (TPSA) is 38.3 Å². The molecule has 0 radical (unpaired) electrons. The summed E-state index contributed by atoms with van der Waals surface area (Å²) < 4.78 is 12.5. The average Bonchev–Trinajstić information content (AvgIpc) is 3.57. The van der Waals surface area contributed by atoms with Crippen LogP contribution in [-0.2, 0) is 0 Å². The SMILES string of the molecule is C.c1ccc2c(c1)oc1c(-c3ccc(Nc4ccc(-c5cccc6c5oc5ccccc56)cc4)cc3)cccc12. The van der Waals surface area contributed by atoms with Crippen LogP contribution in [0.15, 0.2) is 142 Å². The number of para-hydroxylation sites is 4. The molecule has 2 heterocycles. The summed E-state index contributed by atoms with van der Waals surface area (Å²) in [5, 5.41) is 8.11. The minimum absolute atomic E-state index is 0. The van der Waals surface area contributed by atoms with E-state index in [4.69, 9.17) is 8.83 Å². The fraction of sp³-hybridized carbons (Fsp3) is 0.0270. The van der Waals surface area contributed by atoms with Crippen molar-refractivity contribution in [3.63, 3.8) is 0 Å². The van der Waals surface area contributed by atoms with E-state index >= 15 is 0 Å². The van der Waals surface area contributed by atoms with Crippen molar-refractivity contribution in [2.24, 2.45) is 0 Å². The van der Waals surface area contributed by atoms with Crippen molar-refractivity contribution < 1.29 is 8.83 Å². The molecule has 0 fully saturated rings. The lowest BCUT2D eigenvalue weighted by Crippen LogP contribution is -1.90. The van der Waals surface area contributed by atoms with Gasteiger partial charge in [0.15, 0.2) is 0 Å². The van der Waals surface area contributed by atoms with Crippen LogP contribution in [0.25, 0.3) is 66.1 Å². The third-order valence-corrected chi connectivity index (χ3v) is 7.49. The molecule has 40 heavy (non-hydrogen) atoms. The number of hydrogen-bond acceptors (Lipinski definition) is 3. The van der Waals surface area contributed by atoms with E-state index in [0.717, 1.165) is 77.5 Å². The van der Waals surface area contributed by atoms with Crippen molar-refractivity contribution in [3.8, 4) is 22.3 Å². The Morgan fingerprint density at radius 1 is 0.375 bits per heavy atom. The average molecular weight is 518 g/mol. The highest BCUT2D eigenvalue weighted by Crippen LogP contribution is 2.37. The molecular formula is C37H27NO2. The Hall–Kier alpha value is -5.28. The predicted molar refractivity (Wildman–Crippen MR) is 168 cm³/mol. The number of nitrogens with one attached hydrogen (secondary N) is 1. The van der Waals surface area contributed by atoms with Crippen molar-refractivity contribution in [2.45, 2.75) is 7.43 Å². The van der Waals surface area contributed by atoms with Crippen molar-refractivity contribution in [2.75, 3.05) is 5.32 Å². The minimum atomic E-state index is 0. The molecule has 0 aliphatic heterocycles. The highest BCUT2D eigenvalue weighted by molar-refractivity contribution is 6.10. The molecule has 0 amide bonds. The van der Waals surface area contributed by atoms with E-state index in [1.54, 1.807) is 0 Å². The summed E-state index contributed by atoms with van der Waals surface area (Å²) in [5.41, 5.74) is 10.2. The quantitative estimate of drug-likeness (QED) is 0.252. The molecule has 0 saturated carbocycles. The van der Waals surface area contributed by atoms with Crippen LogP contribution in [0.3, 0.4) is 0 Å². The van der Waals surface area contributed by atoms with E-state index < -0.39 is 0 Å². The Morgan fingerprint density at radius 2 is 0.775 bits per heavy atom. The first-order valence-corrected chi connectivity index (χ1v) is 13.1. The summed E-state index contributed by atoms with van der Waals surface area (Å²) >= 11 is 0. The van der Waals surface area contributed by atoms with Gasteiger partial charge in [0.25, 0.3) is 0 Å². The van der Waals surface area contributed by atoms with Gasteiger partial charge in [0.05, 0.1) is 0 Å². The van der Waals surface area contributed by atoms with Gasteiger partial charge in [0.1, 0.15) is 22.3 Å². The minimum Gasteiger partial charge on any atom is -0.455 e. The molecule has 0 aliphatic carbocycles. The van der Waals surface area contributed by atoms with Gasteiger partial charge < -0.3 is 14.2 Å². The summed E-state index contributed by atoms with van der Waals surface area (Å²) in [4.78, 5) is 0. The van der Waals surface area contributed by atoms with E-state index in [0.29, 0.717) is 0 Å². The monoisotopic (exact) mass is 517 g/mol. The lowest BCUT2D eigenvalue weighted by atomic mass is 10.0. The highest BCUT2D eigenvalue weighted by atomic mass is 16.3. The Kier molecular flexibility index (Phi) is 5.64. The predicted octanol–water partition coefficient (Wildman–Crippen LogP) is 11.2. The lowest BCUT2D eigenvalue weighted by molar-refractivity contribution is 0.669. The van der Waals surface area contributed by atoms with Gasteiger partial charge >= 0.3 is 0 Å². The molecule has 0 bridgehead atoms. The maximum absolute atomic E-state index is 6.23. The van der Waals surface area contributed by atoms with E-state index in [-0.39, 0.29) is 7.43 Å². The number of furan rings is 2. The number of hydrogen-bond donors (Lipinski definition) is 1. The molecule has 3 heteroatoms. The largest absolute Gasteiger partial charge is 0.455 e. The molecule has 0 spiro atoms. The molecule has 6 aromatic carbocycles. The van der Waals surface area contributed by atoms with Crippen molar-refractivity contribution >= 4 is 55.3 Å². The number of benzene rings is 6. The molecular weight excluding hydrogens is 490 g/mol. The van der Waals surface area contributed by atoms with Crippen LogP contribution < -0.4 is 5.32 Å². The first-order chi connectivity index (χ1) is 19.3. The second-order valence-electron chi connectivity index (χ2n) is 9.84. The van der Waals surface area contributed by atoms with Gasteiger partial charge in [-0.15, -0.1) is 0 Å². The molecule has 0 aliphatic rings. The third kappa shape index (κ3) is 3.83. The highest BCUT2D eigenvalue weighted by Gasteiger charge is 2.13. The van der Waals surface area contributed by atoms with Crippen LogP contribution in [0.2, 0.25) is 0 Å². The molecule has 8 rings (SSSR count). The number of rotatable bonds is 4. The molecule has 8 aromatic rings. The molecule has 3 nitrogen and oxygen atoms in total. The van der Waals surface area contributed by atoms with Crippen LogP contribution in [-0.4, -0.2) is 0 Å². The Balaban J connectivity index is 0.00000264. The maximum Gasteiger partial charge on any atom is 0.143 e. The summed E-state index contributed by atoms with van der Waals surface area (Å²) in [6.45, 7) is 0. The van der Waals surface area contributed by atoms with Crippen LogP contribution in [0.4, 0.5) is 11.4 Å². The van der Waals surface area contributed by atoms with Crippen LogP contribution in [0, 0.1) is 0 Å². The fourth-order valence-electron chi connectivity index (χ4n) is 5.58. The van der Waals surface area contributed by atoms with E-state index in [9.17, 15) is 0 Å². The second-order valence-corrected chi connectivity index (χ2v) is 9.84. The number of fused-ring (bicyclic) bond motifs is 6. The van der Waals surface area contributed by atoms with Crippen LogP contribution in [0.1, 0.15) is 7.43 Å². The molecule has 1 N–H and O–H groups in total. The van der Waals surface area contributed by atoms with Gasteiger partial charge in [-0.3, -0.25) is 0 Å². The van der Waals surface area contributed by atoms with Crippen LogP contribution >= 0.6 is 0 Å². The second kappa shape index (κ2) is 9.48. The van der Waals surface area contributed by atoms with Gasteiger partial charge in [-0.05, 0) is 47.5 Å². The molecule has 2 aromatic heterocycles. The van der Waals surface area contributed by atoms with E-state index in [1.807, 2.05) is 24.3 Å². The molecule has 0 saturated heterocycles. The van der Waals surface area contributed by atoms with Gasteiger partial charge in [-0.2, -0.15) is 0 Å². The zero-order chi connectivity index (χ0) is 25.8. The lowest BCUT2D eigenvalue weighted by Gasteiger charge is -2.10. The Labute approximate surface area is 232 Å². The molecule has 0 atom stereocenters. The van der Waals surface area contributed by atoms with Gasteiger partial charge in [-0.1, -0.05) is 104 Å². The fourth-order valence-corrected chi connectivity index (χ4v) is 5.58. The Bertz CT molecular complexity index is 1980. The smallest absolute Gasteiger partial charge is 0.143 e. The summed E-state index contributed by atoms with van der Waals surface area (Å²) in [5.74, 6) is 0. The summed E-state index contributed by atoms with van der Waals surface area (Å²) in [7, 11) is 0. The van der Waals surface area contributed by atoms with Gasteiger partial charge in [0, 0.05) is 44.0 Å². The summed E-state index contributed by atoms with van der Waals surface area (Å²) in [6, 6.07) is 46.1. The normalized spacial score (nSPS) is 11.3. The summed E-state index contributed by atoms with van der Waals surface area (Å²) in [6.07, 6.45) is 0. The Morgan fingerprint density at radius 3 is 1.23 bits per heavy atom. The molecule has 0 unspecified atom stereocenters. The first kappa shape index (κ1) is 23.8. The zero-order valence-electron chi connectivity index (χ0n) is 21.0. The maximum atomic E-state index is 6.23. The van der Waals surface area contributed by atoms with Crippen molar-refractivity contribution in [1.29, 1.82) is 0 Å². The number of anilines is 2. The third-order valence-electron chi connectivity index (χ3n) is 7.49. The van der Waals surface area contributed by atoms with Crippen molar-refractivity contribution in [1.82, 2.24) is 0 Å². The van der Waals surface area contributed by atoms with E-state index in [1.165, 1.54) is 0 Å². The first-order valence-electron chi connectivity index (χ1n) is 13.1. The zero-order valence-corrected chi connectivity index (χ0v) is 21.0. The molecule has 192 valence electrons. The van der Waals surface area contributed by atoms with Crippen molar-refractivity contribution in [3.05, 3.63) is 133 Å². The van der Waals surface area contributed by atoms with E-state index in [2.05, 4.69) is 115 Å². The van der Waals surface area contributed by atoms with Gasteiger partial charge in [0.2, 0.25) is 0 Å². The van der Waals surface area contributed by atoms with Gasteiger partial charge in [-0.25, -0.2) is 0 Å².